The van der Waals surface area contributed by atoms with Crippen molar-refractivity contribution in [3.8, 4) is 22.4 Å². The quantitative estimate of drug-likeness (QED) is 0.358. The molecule has 1 unspecified atom stereocenters. The molecule has 1 aliphatic heterocycles. The largest absolute Gasteiger partial charge is 0.340 e. The molecule has 1 atom stereocenters. The van der Waals surface area contributed by atoms with Crippen LogP contribution in [0.1, 0.15) is 32.0 Å². The van der Waals surface area contributed by atoms with E-state index in [1.807, 2.05) is 43.0 Å². The van der Waals surface area contributed by atoms with Gasteiger partial charge in [0.2, 0.25) is 5.91 Å². The molecule has 2 N–H and O–H groups in total. The number of urea groups is 1. The average molecular weight is 545 g/mol. The van der Waals surface area contributed by atoms with Gasteiger partial charge in [0.15, 0.2) is 5.13 Å². The highest BCUT2D eigenvalue weighted by Gasteiger charge is 2.22. The van der Waals surface area contributed by atoms with Crippen molar-refractivity contribution in [1.82, 2.24) is 35.1 Å². The Kier molecular flexibility index (Phi) is 8.08. The summed E-state index contributed by atoms with van der Waals surface area (Å²) in [5, 5.41) is 6.05. The summed E-state index contributed by atoms with van der Waals surface area (Å²) < 4.78 is 0.929. The number of rotatable bonds is 7. The number of likely N-dealkylation sites (N-methyl/N-ethyl adjacent to an activating group) is 1. The summed E-state index contributed by atoms with van der Waals surface area (Å²) in [5.74, 6) is 0.711. The molecule has 11 heteroatoms. The van der Waals surface area contributed by atoms with Crippen LogP contribution >= 0.6 is 11.3 Å². The number of carbonyl (C=O) groups excluding carboxylic acids is 2. The highest BCUT2D eigenvalue weighted by atomic mass is 32.1. The number of carbonyl (C=O) groups is 2. The molecule has 3 aromatic heterocycles. The van der Waals surface area contributed by atoms with Crippen molar-refractivity contribution in [2.24, 2.45) is 0 Å². The van der Waals surface area contributed by atoms with Gasteiger partial charge in [0, 0.05) is 74.8 Å². The zero-order valence-electron chi connectivity index (χ0n) is 22.3. The van der Waals surface area contributed by atoms with Gasteiger partial charge in [0.25, 0.3) is 0 Å². The first kappa shape index (κ1) is 26.6. The van der Waals surface area contributed by atoms with Crippen molar-refractivity contribution in [3.05, 3.63) is 54.7 Å². The number of benzene rings is 1. The molecule has 1 aliphatic rings. The van der Waals surface area contributed by atoms with Crippen LogP contribution in [0.25, 0.3) is 32.6 Å². The molecule has 10 nitrogen and oxygen atoms in total. The lowest BCUT2D eigenvalue weighted by atomic mass is 10.0. The third-order valence-corrected chi connectivity index (χ3v) is 7.79. The van der Waals surface area contributed by atoms with Crippen LogP contribution < -0.4 is 10.6 Å². The molecule has 4 heterocycles. The second kappa shape index (κ2) is 11.8. The first-order valence-corrected chi connectivity index (χ1v) is 13.9. The van der Waals surface area contributed by atoms with E-state index in [0.29, 0.717) is 23.9 Å². The number of aromatic nitrogens is 4. The fraction of sp³-hybridized carbons (Fsp3) is 0.357. The van der Waals surface area contributed by atoms with Crippen LogP contribution in [0.15, 0.2) is 48.9 Å². The maximum atomic E-state index is 12.8. The molecule has 1 fully saturated rings. The number of pyridine rings is 1. The SMILES string of the molecule is CCNC(=O)Nc1nc2cc(-c3cnc(C(C)CC(=O)N4CCN(C)CC4)nc3)cc(-c3ccccn3)c2s1. The Labute approximate surface area is 231 Å². The third kappa shape index (κ3) is 6.21. The molecule has 39 heavy (non-hydrogen) atoms. The van der Waals surface area contributed by atoms with E-state index in [9.17, 15) is 9.59 Å². The lowest BCUT2D eigenvalue weighted by Gasteiger charge is -2.33. The molecule has 5 rings (SSSR count). The Morgan fingerprint density at radius 1 is 1.05 bits per heavy atom. The number of nitrogens with one attached hydrogen (secondary N) is 2. The molecule has 0 spiro atoms. The molecule has 202 valence electrons. The zero-order chi connectivity index (χ0) is 27.4. The van der Waals surface area contributed by atoms with Crippen molar-refractivity contribution in [2.45, 2.75) is 26.2 Å². The smallest absolute Gasteiger partial charge is 0.321 e. The molecule has 4 aromatic rings. The van der Waals surface area contributed by atoms with Crippen molar-refractivity contribution in [2.75, 3.05) is 45.1 Å². The normalized spacial score (nSPS) is 14.8. The van der Waals surface area contributed by atoms with E-state index in [1.54, 1.807) is 18.6 Å². The molecular weight excluding hydrogens is 512 g/mol. The molecular formula is C28H32N8O2S. The molecule has 3 amide bonds. The summed E-state index contributed by atoms with van der Waals surface area (Å²) >= 11 is 1.41. The minimum absolute atomic E-state index is 0.0841. The topological polar surface area (TPSA) is 116 Å². The van der Waals surface area contributed by atoms with E-state index in [0.717, 1.165) is 58.8 Å². The Bertz CT molecular complexity index is 1450. The van der Waals surface area contributed by atoms with E-state index in [4.69, 9.17) is 0 Å². The fourth-order valence-corrected chi connectivity index (χ4v) is 5.51. The van der Waals surface area contributed by atoms with Gasteiger partial charge in [-0.1, -0.05) is 24.3 Å². The Balaban J connectivity index is 1.40. The van der Waals surface area contributed by atoms with Gasteiger partial charge in [0.1, 0.15) is 5.82 Å². The molecule has 0 bridgehead atoms. The zero-order valence-corrected chi connectivity index (χ0v) is 23.2. The Morgan fingerprint density at radius 2 is 1.82 bits per heavy atom. The molecule has 1 aromatic carbocycles. The lowest BCUT2D eigenvalue weighted by molar-refractivity contribution is -0.133. The number of nitrogens with zero attached hydrogens (tertiary/aromatic N) is 6. The first-order chi connectivity index (χ1) is 18.9. The summed E-state index contributed by atoms with van der Waals surface area (Å²) in [7, 11) is 2.08. The monoisotopic (exact) mass is 544 g/mol. The minimum atomic E-state index is -0.291. The van der Waals surface area contributed by atoms with Gasteiger partial charge in [0.05, 0.1) is 15.9 Å². The van der Waals surface area contributed by atoms with Crippen LogP contribution in [-0.2, 0) is 4.79 Å². The second-order valence-electron chi connectivity index (χ2n) is 9.71. The summed E-state index contributed by atoms with van der Waals surface area (Å²) in [6.45, 7) is 7.71. The van der Waals surface area contributed by atoms with E-state index >= 15 is 0 Å². The first-order valence-electron chi connectivity index (χ1n) is 13.1. The minimum Gasteiger partial charge on any atom is -0.340 e. The highest BCUT2D eigenvalue weighted by Crippen LogP contribution is 2.38. The molecule has 1 saturated heterocycles. The van der Waals surface area contributed by atoms with Crippen LogP contribution in [0.4, 0.5) is 9.93 Å². The van der Waals surface area contributed by atoms with Gasteiger partial charge < -0.3 is 15.1 Å². The van der Waals surface area contributed by atoms with Crippen LogP contribution in [0.2, 0.25) is 0 Å². The number of piperazine rings is 1. The summed E-state index contributed by atoms with van der Waals surface area (Å²) in [6.07, 6.45) is 5.73. The van der Waals surface area contributed by atoms with Crippen molar-refractivity contribution < 1.29 is 9.59 Å². The predicted molar refractivity (Wildman–Crippen MR) is 154 cm³/mol. The van der Waals surface area contributed by atoms with Gasteiger partial charge in [-0.25, -0.2) is 19.7 Å². The number of hydrogen-bond donors (Lipinski definition) is 2. The van der Waals surface area contributed by atoms with Crippen LogP contribution in [0, 0.1) is 0 Å². The van der Waals surface area contributed by atoms with Crippen LogP contribution in [0.5, 0.6) is 0 Å². The fourth-order valence-electron chi connectivity index (χ4n) is 4.55. The van der Waals surface area contributed by atoms with E-state index < -0.39 is 0 Å². The third-order valence-electron chi connectivity index (χ3n) is 6.77. The lowest BCUT2D eigenvalue weighted by Crippen LogP contribution is -2.47. The van der Waals surface area contributed by atoms with Crippen LogP contribution in [-0.4, -0.2) is 81.4 Å². The van der Waals surface area contributed by atoms with Crippen molar-refractivity contribution >= 4 is 38.6 Å². The summed E-state index contributed by atoms with van der Waals surface area (Å²) in [5.41, 5.74) is 4.21. The summed E-state index contributed by atoms with van der Waals surface area (Å²) in [4.78, 5) is 47.5. The maximum absolute atomic E-state index is 12.8. The second-order valence-corrected chi connectivity index (χ2v) is 10.7. The standard InChI is InChI=1S/C28H32N8O2S/c1-4-29-27(38)34-28-33-23-15-19(14-21(25(23)39-28)22-7-5-6-8-30-22)20-16-31-26(32-17-20)18(2)13-24(37)36-11-9-35(3)10-12-36/h5-8,14-18H,4,9-13H2,1-3H3,(H2,29,33,34,38). The van der Waals surface area contributed by atoms with Crippen LogP contribution in [0.3, 0.4) is 0 Å². The van der Waals surface area contributed by atoms with Crippen molar-refractivity contribution in [1.29, 1.82) is 0 Å². The van der Waals surface area contributed by atoms with Gasteiger partial charge in [-0.2, -0.15) is 0 Å². The van der Waals surface area contributed by atoms with Gasteiger partial charge in [-0.05, 0) is 43.8 Å². The van der Waals surface area contributed by atoms with E-state index in [-0.39, 0.29) is 17.9 Å². The maximum Gasteiger partial charge on any atom is 0.321 e. The van der Waals surface area contributed by atoms with E-state index in [2.05, 4.69) is 48.6 Å². The number of hydrogen-bond acceptors (Lipinski definition) is 8. The predicted octanol–water partition coefficient (Wildman–Crippen LogP) is 4.22. The summed E-state index contributed by atoms with van der Waals surface area (Å²) in [6, 6.07) is 9.51. The van der Waals surface area contributed by atoms with Gasteiger partial charge in [-0.3, -0.25) is 15.1 Å². The number of anilines is 1. The Morgan fingerprint density at radius 3 is 2.51 bits per heavy atom. The number of thiazole rings is 1. The highest BCUT2D eigenvalue weighted by molar-refractivity contribution is 7.22. The number of fused-ring (bicyclic) bond motifs is 1. The number of amides is 3. The van der Waals surface area contributed by atoms with E-state index in [1.165, 1.54) is 11.3 Å². The molecule has 0 aliphatic carbocycles. The average Bonchev–Trinajstić information content (AvgIpc) is 3.35. The van der Waals surface area contributed by atoms with Gasteiger partial charge in [-0.15, -0.1) is 0 Å². The molecule has 0 radical (unpaired) electrons. The van der Waals surface area contributed by atoms with Crippen molar-refractivity contribution in [3.63, 3.8) is 0 Å². The molecule has 0 saturated carbocycles. The van der Waals surface area contributed by atoms with Gasteiger partial charge >= 0.3 is 6.03 Å². The Hall–Kier alpha value is -3.96.